The predicted octanol–water partition coefficient (Wildman–Crippen LogP) is 8.05. The second kappa shape index (κ2) is 37.8. The molecule has 9 atom stereocenters. The number of rotatable bonds is 40. The summed E-state index contributed by atoms with van der Waals surface area (Å²) in [6.07, 6.45) is 30.3. The number of esters is 2. The fourth-order valence-corrected chi connectivity index (χ4v) is 9.08. The Hall–Kier alpha value is -3.88. The van der Waals surface area contributed by atoms with Crippen LogP contribution in [0.4, 0.5) is 5.82 Å². The molecule has 1 aliphatic heterocycles. The number of hydrogen-bond acceptors (Lipinski definition) is 17. The van der Waals surface area contributed by atoms with Gasteiger partial charge in [0, 0.05) is 19.0 Å². The van der Waals surface area contributed by atoms with Crippen LogP contribution in [0.2, 0.25) is 0 Å². The number of aromatic nitrogens is 2. The highest BCUT2D eigenvalue weighted by atomic mass is 31.3. The predicted molar refractivity (Wildman–Crippen MR) is 273 cm³/mol. The summed E-state index contributed by atoms with van der Waals surface area (Å²) in [4.78, 5) is 61.9. The van der Waals surface area contributed by atoms with E-state index in [0.29, 0.717) is 12.8 Å². The monoisotopic (exact) mass is 1060 g/mol. The van der Waals surface area contributed by atoms with E-state index in [-0.39, 0.29) is 31.5 Å². The molecular weight excluding hydrogens is 977 g/mol. The normalized spacial score (nSPS) is 20.6. The van der Waals surface area contributed by atoms with E-state index in [4.69, 9.17) is 29.0 Å². The molecule has 408 valence electrons. The number of allylic oxidation sites excluding steroid dienone is 9. The van der Waals surface area contributed by atoms with Gasteiger partial charge < -0.3 is 50.2 Å². The lowest BCUT2D eigenvalue weighted by Gasteiger charge is -2.21. The Bertz CT molecular complexity index is 2030. The van der Waals surface area contributed by atoms with E-state index in [0.717, 1.165) is 68.6 Å². The SMILES string of the molecule is CCCCC/C=C\C[C@H](O)/C=C/C=C/C=C\[C@H](O)CCCC(=O)O[C@H](COC(=O)CCCCCCC/C=C\C=C/CCCCCC)COP(=O)(O)OP(=O)(O)OC[C@H]1O[C@@H](n2ccc(N)nc2=O)[C@H](O)[C@@H]1O. The summed E-state index contributed by atoms with van der Waals surface area (Å²) in [5, 5.41) is 41.4. The molecule has 1 aliphatic rings. The van der Waals surface area contributed by atoms with Gasteiger partial charge in [-0.1, -0.05) is 138 Å². The lowest BCUT2D eigenvalue weighted by atomic mass is 10.1. The summed E-state index contributed by atoms with van der Waals surface area (Å²) >= 11 is 0. The van der Waals surface area contributed by atoms with E-state index in [1.165, 1.54) is 44.2 Å². The van der Waals surface area contributed by atoms with Crippen molar-refractivity contribution >= 4 is 33.4 Å². The molecule has 0 amide bonds. The van der Waals surface area contributed by atoms with Crippen LogP contribution >= 0.6 is 15.6 Å². The Morgan fingerprint density at radius 2 is 1.32 bits per heavy atom. The molecule has 2 unspecified atom stereocenters. The van der Waals surface area contributed by atoms with Gasteiger partial charge in [0.05, 0.1) is 25.4 Å². The minimum atomic E-state index is -5.49. The molecule has 8 N–H and O–H groups in total. The number of hydrogen-bond donors (Lipinski definition) is 7. The highest BCUT2D eigenvalue weighted by Gasteiger charge is 2.46. The number of aliphatic hydroxyl groups is 4. The highest BCUT2D eigenvalue weighted by molar-refractivity contribution is 7.61. The van der Waals surface area contributed by atoms with Crippen molar-refractivity contribution in [2.75, 3.05) is 25.6 Å². The number of carbonyl (C=O) groups excluding carboxylic acids is 2. The average Bonchev–Trinajstić information content (AvgIpc) is 3.61. The third-order valence-electron chi connectivity index (χ3n) is 11.0. The first kappa shape index (κ1) is 64.2. The Morgan fingerprint density at radius 1 is 0.736 bits per heavy atom. The van der Waals surface area contributed by atoms with Crippen LogP contribution in [0, 0.1) is 0 Å². The zero-order valence-corrected chi connectivity index (χ0v) is 43.7. The van der Waals surface area contributed by atoms with Crippen LogP contribution in [0.1, 0.15) is 148 Å². The van der Waals surface area contributed by atoms with Crippen LogP contribution in [-0.2, 0) is 46.3 Å². The van der Waals surface area contributed by atoms with Gasteiger partial charge in [-0.2, -0.15) is 9.29 Å². The molecule has 0 spiro atoms. The van der Waals surface area contributed by atoms with Gasteiger partial charge in [0.2, 0.25) is 0 Å². The molecule has 0 saturated carbocycles. The molecule has 72 heavy (non-hydrogen) atoms. The van der Waals surface area contributed by atoms with Crippen LogP contribution in [0.25, 0.3) is 0 Å². The minimum absolute atomic E-state index is 0.0532. The first-order chi connectivity index (χ1) is 34.5. The maximum Gasteiger partial charge on any atom is 0.481 e. The van der Waals surface area contributed by atoms with E-state index < -0.39 is 95.9 Å². The van der Waals surface area contributed by atoms with Crippen molar-refractivity contribution in [3.8, 4) is 0 Å². The first-order valence-corrected chi connectivity index (χ1v) is 28.2. The summed E-state index contributed by atoms with van der Waals surface area (Å²) in [6.45, 7) is 1.81. The Balaban J connectivity index is 1.89. The zero-order chi connectivity index (χ0) is 53.0. The van der Waals surface area contributed by atoms with Crippen molar-refractivity contribution in [2.24, 2.45) is 0 Å². The third-order valence-corrected chi connectivity index (χ3v) is 13.6. The van der Waals surface area contributed by atoms with Crippen molar-refractivity contribution in [2.45, 2.75) is 185 Å². The number of ether oxygens (including phenoxy) is 3. The Morgan fingerprint density at radius 3 is 2.00 bits per heavy atom. The lowest BCUT2D eigenvalue weighted by Crippen LogP contribution is -2.36. The Kier molecular flexibility index (Phi) is 33.7. The lowest BCUT2D eigenvalue weighted by molar-refractivity contribution is -0.161. The molecule has 1 saturated heterocycles. The van der Waals surface area contributed by atoms with Gasteiger partial charge in [-0.05, 0) is 70.3 Å². The van der Waals surface area contributed by atoms with E-state index in [9.17, 15) is 53.7 Å². The summed E-state index contributed by atoms with van der Waals surface area (Å²) in [7, 11) is -11.0. The summed E-state index contributed by atoms with van der Waals surface area (Å²) in [6, 6.07) is 1.23. The second-order valence-corrected chi connectivity index (χ2v) is 20.4. The molecule has 2 rings (SSSR count). The first-order valence-electron chi connectivity index (χ1n) is 25.2. The number of anilines is 1. The largest absolute Gasteiger partial charge is 0.481 e. The topological polar surface area (TPSA) is 306 Å². The fourth-order valence-electron chi connectivity index (χ4n) is 6.97. The molecule has 0 aromatic carbocycles. The van der Waals surface area contributed by atoms with Gasteiger partial charge in [-0.25, -0.2) is 13.9 Å². The molecule has 0 aliphatic carbocycles. The molecule has 2 heterocycles. The average molecular weight is 1060 g/mol. The van der Waals surface area contributed by atoms with E-state index in [1.54, 1.807) is 30.4 Å². The van der Waals surface area contributed by atoms with Crippen LogP contribution in [-0.4, -0.2) is 108 Å². The van der Waals surface area contributed by atoms with Gasteiger partial charge in [-0.3, -0.25) is 23.2 Å². The smallest absolute Gasteiger partial charge is 0.462 e. The summed E-state index contributed by atoms with van der Waals surface area (Å²) < 4.78 is 56.5. The molecule has 22 heteroatoms. The number of nitrogens with zero attached hydrogens (tertiary/aromatic N) is 2. The number of nitrogens with two attached hydrogens (primary N) is 1. The van der Waals surface area contributed by atoms with Crippen LogP contribution in [0.15, 0.2) is 90.0 Å². The number of carbonyl (C=O) groups is 2. The fraction of sp³-hybridized carbons (Fsp3) is 0.640. The van der Waals surface area contributed by atoms with Crippen LogP contribution in [0.3, 0.4) is 0 Å². The molecule has 0 bridgehead atoms. The minimum Gasteiger partial charge on any atom is -0.462 e. The quantitative estimate of drug-likeness (QED) is 0.0107. The van der Waals surface area contributed by atoms with Gasteiger partial charge in [0.1, 0.15) is 30.7 Å². The van der Waals surface area contributed by atoms with E-state index >= 15 is 0 Å². The van der Waals surface area contributed by atoms with E-state index in [2.05, 4.69) is 53.5 Å². The van der Waals surface area contributed by atoms with E-state index in [1.807, 2.05) is 6.08 Å². The zero-order valence-electron chi connectivity index (χ0n) is 41.9. The molecule has 0 radical (unpaired) electrons. The standard InChI is InChI=1S/C50H81N3O17P2/c1-3-5-7-9-11-12-13-14-15-16-17-18-19-21-27-33-45(56)65-37-42(68-46(57)34-28-32-41(55)31-26-23-22-25-30-40(54)29-24-20-10-8-6-4-2)38-66-71(61,62)70-72(63,64)67-39-43-47(58)48(59)49(69-43)53-36-35-44(51)52-50(53)60/h12-15,20,22-26,30-31,35-36,40-43,47-49,54-55,58-59H,3-11,16-19,21,27-29,32-34,37-39H2,1-2H3,(H,61,62)(H,63,64)(H2,51,52,60)/b13-12-,15-14-,23-22+,24-20-,30-25+,31-26-/t40-,41-,42+,43+,47+,48+,49+/m0/s1. The summed E-state index contributed by atoms with van der Waals surface area (Å²) in [5.74, 6) is -1.58. The van der Waals surface area contributed by atoms with Gasteiger partial charge in [-0.15, -0.1) is 0 Å². The maximum atomic E-state index is 12.9. The highest BCUT2D eigenvalue weighted by Crippen LogP contribution is 2.60. The number of phosphoric ester groups is 2. The number of aliphatic hydroxyl groups excluding tert-OH is 4. The molecule has 20 nitrogen and oxygen atoms in total. The number of unbranched alkanes of at least 4 members (excludes halogenated alkanes) is 12. The summed E-state index contributed by atoms with van der Waals surface area (Å²) in [5.41, 5.74) is 4.56. The Labute approximate surface area is 424 Å². The number of nitrogen functional groups attached to an aromatic ring is 1. The van der Waals surface area contributed by atoms with Gasteiger partial charge >= 0.3 is 33.3 Å². The van der Waals surface area contributed by atoms with Crippen LogP contribution < -0.4 is 11.4 Å². The van der Waals surface area contributed by atoms with Crippen molar-refractivity contribution in [3.05, 3.63) is 95.7 Å². The van der Waals surface area contributed by atoms with Gasteiger partial charge in [0.25, 0.3) is 0 Å². The molecular formula is C50H81N3O17P2. The molecule has 1 aromatic rings. The van der Waals surface area contributed by atoms with Crippen molar-refractivity contribution in [1.82, 2.24) is 9.55 Å². The molecule has 1 fully saturated rings. The molecule has 1 aromatic heterocycles. The third kappa shape index (κ3) is 30.3. The second-order valence-electron chi connectivity index (χ2n) is 17.4. The number of phosphoric acid groups is 2. The van der Waals surface area contributed by atoms with Crippen LogP contribution in [0.5, 0.6) is 0 Å². The maximum absolute atomic E-state index is 12.9. The van der Waals surface area contributed by atoms with Crippen molar-refractivity contribution in [3.63, 3.8) is 0 Å². The van der Waals surface area contributed by atoms with Crippen molar-refractivity contribution in [1.29, 1.82) is 0 Å². The van der Waals surface area contributed by atoms with Crippen molar-refractivity contribution < 1.29 is 76.5 Å². The van der Waals surface area contributed by atoms with Gasteiger partial charge in [0.15, 0.2) is 12.3 Å².